The topological polar surface area (TPSA) is 108 Å². The first-order valence-corrected chi connectivity index (χ1v) is 9.89. The average molecular weight is 436 g/mol. The Morgan fingerprint density at radius 2 is 1.97 bits per heavy atom. The van der Waals surface area contributed by atoms with E-state index in [2.05, 4.69) is 24.9 Å². The monoisotopic (exact) mass is 435 g/mol. The molecule has 0 aliphatic carbocycles. The number of hydrogen-bond acceptors (Lipinski definition) is 5. The molecule has 31 heavy (non-hydrogen) atoms. The average Bonchev–Trinajstić information content (AvgIpc) is 3.16. The summed E-state index contributed by atoms with van der Waals surface area (Å²) < 4.78 is 14.5. The molecule has 0 amide bonds. The fourth-order valence-electron chi connectivity index (χ4n) is 3.67. The summed E-state index contributed by atoms with van der Waals surface area (Å²) in [5, 5.41) is 11.0. The molecule has 0 unspecified atom stereocenters. The van der Waals surface area contributed by atoms with Gasteiger partial charge in [0.1, 0.15) is 28.1 Å². The molecule has 0 aliphatic rings. The van der Waals surface area contributed by atoms with Crippen molar-refractivity contribution in [3.63, 3.8) is 0 Å². The molecule has 5 aromatic rings. The van der Waals surface area contributed by atoms with E-state index in [9.17, 15) is 14.3 Å². The number of phenols is 1. The van der Waals surface area contributed by atoms with Gasteiger partial charge in [-0.25, -0.2) is 14.4 Å². The van der Waals surface area contributed by atoms with E-state index in [1.165, 1.54) is 24.4 Å². The van der Waals surface area contributed by atoms with Crippen LogP contribution in [0.25, 0.3) is 44.6 Å². The van der Waals surface area contributed by atoms with E-state index in [0.29, 0.717) is 45.0 Å². The Bertz CT molecular complexity index is 1520. The highest BCUT2D eigenvalue weighted by atomic mass is 35.5. The Kier molecular flexibility index (Phi) is 4.44. The van der Waals surface area contributed by atoms with Crippen LogP contribution < -0.4 is 5.56 Å². The van der Waals surface area contributed by atoms with Crippen molar-refractivity contribution in [3.8, 4) is 28.4 Å². The van der Waals surface area contributed by atoms with Crippen molar-refractivity contribution in [2.45, 2.75) is 13.3 Å². The number of pyridine rings is 3. The molecule has 1 aromatic carbocycles. The van der Waals surface area contributed by atoms with Gasteiger partial charge in [-0.05, 0) is 30.7 Å². The molecule has 9 heteroatoms. The molecule has 4 aromatic heterocycles. The third kappa shape index (κ3) is 3.12. The normalized spacial score (nSPS) is 11.5. The van der Waals surface area contributed by atoms with Crippen LogP contribution in [0.2, 0.25) is 5.15 Å². The predicted octanol–water partition coefficient (Wildman–Crippen LogP) is 4.59. The second kappa shape index (κ2) is 7.17. The molecule has 4 heterocycles. The van der Waals surface area contributed by atoms with Crippen molar-refractivity contribution in [3.05, 3.63) is 69.6 Å². The van der Waals surface area contributed by atoms with Crippen molar-refractivity contribution in [2.24, 2.45) is 0 Å². The SMILES string of the molecule is CCc1nc(Cl)cc2[nH]c(-c3cc4c(-c5c(O)cccc5F)nccc4[nH]c3=O)nc12. The highest BCUT2D eigenvalue weighted by molar-refractivity contribution is 6.30. The molecule has 0 bridgehead atoms. The lowest BCUT2D eigenvalue weighted by Crippen LogP contribution is -2.10. The van der Waals surface area contributed by atoms with Crippen LogP contribution in [0.4, 0.5) is 4.39 Å². The quantitative estimate of drug-likeness (QED) is 0.359. The van der Waals surface area contributed by atoms with Gasteiger partial charge in [-0.15, -0.1) is 0 Å². The van der Waals surface area contributed by atoms with Gasteiger partial charge in [0, 0.05) is 17.6 Å². The van der Waals surface area contributed by atoms with E-state index in [4.69, 9.17) is 11.6 Å². The molecule has 0 atom stereocenters. The van der Waals surface area contributed by atoms with Gasteiger partial charge < -0.3 is 15.1 Å². The van der Waals surface area contributed by atoms with E-state index in [-0.39, 0.29) is 28.1 Å². The minimum absolute atomic E-state index is 0.0417. The lowest BCUT2D eigenvalue weighted by molar-refractivity contribution is 0.472. The Hall–Kier alpha value is -3.78. The first-order chi connectivity index (χ1) is 15.0. The molecule has 0 spiro atoms. The van der Waals surface area contributed by atoms with Crippen LogP contribution in [0.5, 0.6) is 5.75 Å². The zero-order valence-electron chi connectivity index (χ0n) is 16.2. The van der Waals surface area contributed by atoms with Crippen LogP contribution in [0.15, 0.2) is 47.4 Å². The first-order valence-electron chi connectivity index (χ1n) is 9.51. The second-order valence-corrected chi connectivity index (χ2v) is 7.38. The summed E-state index contributed by atoms with van der Waals surface area (Å²) in [6.07, 6.45) is 2.07. The molecule has 5 rings (SSSR count). The number of nitrogens with one attached hydrogen (secondary N) is 2. The Labute approximate surface area is 179 Å². The third-order valence-corrected chi connectivity index (χ3v) is 5.29. The van der Waals surface area contributed by atoms with Gasteiger partial charge in [-0.2, -0.15) is 0 Å². The standard InChI is InChI=1S/C22H15ClFN5O2/c1-2-13-20-15(9-17(23)26-13)27-21(29-20)11-8-10-14(28-22(11)31)6-7-25-19(10)18-12(24)4-3-5-16(18)30/h3-9,30H,2H2,1H3,(H,27,29)(H,28,31). The van der Waals surface area contributed by atoms with Gasteiger partial charge in [0.05, 0.1) is 33.5 Å². The Balaban J connectivity index is 1.79. The van der Waals surface area contributed by atoms with E-state index in [1.807, 2.05) is 6.92 Å². The summed E-state index contributed by atoms with van der Waals surface area (Å²) in [7, 11) is 0. The van der Waals surface area contributed by atoms with Gasteiger partial charge in [0.25, 0.3) is 5.56 Å². The summed E-state index contributed by atoms with van der Waals surface area (Å²) in [5.74, 6) is -0.543. The van der Waals surface area contributed by atoms with Crippen LogP contribution >= 0.6 is 11.6 Å². The summed E-state index contributed by atoms with van der Waals surface area (Å²) in [6, 6.07) is 8.87. The summed E-state index contributed by atoms with van der Waals surface area (Å²) >= 11 is 6.09. The second-order valence-electron chi connectivity index (χ2n) is 6.99. The number of aromatic amines is 2. The van der Waals surface area contributed by atoms with Crippen LogP contribution in [-0.2, 0) is 6.42 Å². The number of rotatable bonds is 3. The van der Waals surface area contributed by atoms with Crippen molar-refractivity contribution < 1.29 is 9.50 Å². The highest BCUT2D eigenvalue weighted by Crippen LogP contribution is 2.35. The number of aromatic nitrogens is 5. The fraction of sp³-hybridized carbons (Fsp3) is 0.0909. The van der Waals surface area contributed by atoms with Gasteiger partial charge in [-0.1, -0.05) is 24.6 Å². The summed E-state index contributed by atoms with van der Waals surface area (Å²) in [6.45, 7) is 1.94. The van der Waals surface area contributed by atoms with Gasteiger partial charge >= 0.3 is 0 Å². The van der Waals surface area contributed by atoms with E-state index in [1.54, 1.807) is 18.2 Å². The van der Waals surface area contributed by atoms with Crippen molar-refractivity contribution in [1.29, 1.82) is 0 Å². The first kappa shape index (κ1) is 19.2. The molecular weight excluding hydrogens is 421 g/mol. The van der Waals surface area contributed by atoms with E-state index in [0.717, 1.165) is 0 Å². The van der Waals surface area contributed by atoms with Crippen molar-refractivity contribution >= 4 is 33.5 Å². The van der Waals surface area contributed by atoms with Crippen LogP contribution in [-0.4, -0.2) is 30.0 Å². The molecule has 0 saturated heterocycles. The number of aryl methyl sites for hydroxylation is 1. The summed E-state index contributed by atoms with van der Waals surface area (Å²) in [4.78, 5) is 31.8. The van der Waals surface area contributed by atoms with Crippen LogP contribution in [0.3, 0.4) is 0 Å². The molecular formula is C22H15ClFN5O2. The molecule has 0 saturated carbocycles. The number of hydrogen-bond donors (Lipinski definition) is 3. The number of halogens is 2. The molecule has 7 nitrogen and oxygen atoms in total. The number of aromatic hydroxyl groups is 1. The molecule has 0 radical (unpaired) electrons. The van der Waals surface area contributed by atoms with E-state index < -0.39 is 5.82 Å². The van der Waals surface area contributed by atoms with Crippen molar-refractivity contribution in [2.75, 3.05) is 0 Å². The fourth-order valence-corrected chi connectivity index (χ4v) is 3.88. The number of phenolic OH excluding ortho intramolecular Hbond substituents is 1. The van der Waals surface area contributed by atoms with E-state index >= 15 is 0 Å². The maximum atomic E-state index is 14.5. The molecule has 0 aliphatic heterocycles. The Morgan fingerprint density at radius 1 is 1.13 bits per heavy atom. The van der Waals surface area contributed by atoms with Crippen LogP contribution in [0, 0.1) is 5.82 Å². The lowest BCUT2D eigenvalue weighted by atomic mass is 10.0. The molecule has 0 fully saturated rings. The highest BCUT2D eigenvalue weighted by Gasteiger charge is 2.18. The maximum absolute atomic E-state index is 14.5. The number of fused-ring (bicyclic) bond motifs is 2. The van der Waals surface area contributed by atoms with Crippen LogP contribution in [0.1, 0.15) is 12.6 Å². The number of nitrogens with zero attached hydrogens (tertiary/aromatic N) is 3. The van der Waals surface area contributed by atoms with Crippen molar-refractivity contribution in [1.82, 2.24) is 24.9 Å². The number of benzene rings is 1. The maximum Gasteiger partial charge on any atom is 0.259 e. The summed E-state index contributed by atoms with van der Waals surface area (Å²) in [5.41, 5.74) is 2.48. The number of imidazole rings is 1. The smallest absolute Gasteiger partial charge is 0.259 e. The van der Waals surface area contributed by atoms with Gasteiger partial charge in [0.2, 0.25) is 0 Å². The minimum atomic E-state index is -0.621. The Morgan fingerprint density at radius 3 is 2.74 bits per heavy atom. The molecule has 3 N–H and O–H groups in total. The zero-order chi connectivity index (χ0) is 21.7. The number of H-pyrrole nitrogens is 2. The predicted molar refractivity (Wildman–Crippen MR) is 117 cm³/mol. The van der Waals surface area contributed by atoms with Gasteiger partial charge in [-0.3, -0.25) is 9.78 Å². The third-order valence-electron chi connectivity index (χ3n) is 5.10. The lowest BCUT2D eigenvalue weighted by Gasteiger charge is -2.09. The zero-order valence-corrected chi connectivity index (χ0v) is 17.0. The largest absolute Gasteiger partial charge is 0.507 e. The minimum Gasteiger partial charge on any atom is -0.507 e. The molecule has 154 valence electrons. The van der Waals surface area contributed by atoms with Gasteiger partial charge in [0.15, 0.2) is 0 Å².